The molecular weight excluding hydrogens is 299 g/mol. The summed E-state index contributed by atoms with van der Waals surface area (Å²) in [6.07, 6.45) is 0. The molecule has 1 aromatic heterocycles. The summed E-state index contributed by atoms with van der Waals surface area (Å²) >= 11 is 17.9. The van der Waals surface area contributed by atoms with Crippen LogP contribution in [0.1, 0.15) is 5.56 Å². The van der Waals surface area contributed by atoms with Crippen LogP contribution in [-0.4, -0.2) is 9.55 Å². The van der Waals surface area contributed by atoms with Crippen LogP contribution in [0.3, 0.4) is 0 Å². The number of imidazole rings is 1. The van der Waals surface area contributed by atoms with E-state index in [1.54, 1.807) is 0 Å². The molecule has 0 aliphatic heterocycles. The van der Waals surface area contributed by atoms with Crippen LogP contribution in [0.4, 0.5) is 0 Å². The number of halogens is 2. The van der Waals surface area contributed by atoms with Crippen LogP contribution in [0.15, 0.2) is 36.4 Å². The van der Waals surface area contributed by atoms with E-state index in [1.165, 1.54) is 0 Å². The van der Waals surface area contributed by atoms with Crippen molar-refractivity contribution in [1.82, 2.24) is 9.55 Å². The minimum atomic E-state index is 0.579. The molecule has 1 N–H and O–H groups in total. The van der Waals surface area contributed by atoms with Crippen molar-refractivity contribution in [3.63, 3.8) is 0 Å². The average molecular weight is 309 g/mol. The van der Waals surface area contributed by atoms with E-state index < -0.39 is 0 Å². The molecule has 3 aromatic rings. The lowest BCUT2D eigenvalue weighted by atomic mass is 10.2. The third-order valence-corrected chi connectivity index (χ3v) is 3.93. The predicted octanol–water partition coefficient (Wildman–Crippen LogP) is 5.30. The number of fused-ring (bicyclic) bond motifs is 1. The van der Waals surface area contributed by atoms with Gasteiger partial charge in [0.2, 0.25) is 0 Å². The van der Waals surface area contributed by atoms with Crippen molar-refractivity contribution >= 4 is 46.5 Å². The second-order valence-corrected chi connectivity index (χ2v) is 5.56. The van der Waals surface area contributed by atoms with Gasteiger partial charge < -0.3 is 4.98 Å². The van der Waals surface area contributed by atoms with Crippen molar-refractivity contribution in [2.24, 2.45) is 0 Å². The fourth-order valence-corrected chi connectivity index (χ4v) is 2.85. The highest BCUT2D eigenvalue weighted by Crippen LogP contribution is 2.29. The molecule has 3 rings (SSSR count). The Bertz CT molecular complexity index is 833. The molecule has 1 heterocycles. The van der Waals surface area contributed by atoms with Crippen LogP contribution in [0.25, 0.3) is 16.7 Å². The van der Waals surface area contributed by atoms with Gasteiger partial charge >= 0.3 is 0 Å². The van der Waals surface area contributed by atoms with E-state index in [9.17, 15) is 0 Å². The Hall–Kier alpha value is -1.29. The Morgan fingerprint density at radius 2 is 1.89 bits per heavy atom. The largest absolute Gasteiger partial charge is 0.329 e. The molecule has 2 aromatic carbocycles. The van der Waals surface area contributed by atoms with Crippen LogP contribution >= 0.6 is 35.4 Å². The maximum absolute atomic E-state index is 6.29. The summed E-state index contributed by atoms with van der Waals surface area (Å²) in [4.78, 5) is 3.13. The molecule has 0 bridgehead atoms. The molecule has 0 unspecified atom stereocenters. The SMILES string of the molecule is Cc1ccc(Cl)c(-n2c(=S)[nH]c3c(Cl)cccc32)c1. The van der Waals surface area contributed by atoms with Crippen molar-refractivity contribution in [3.05, 3.63) is 56.8 Å². The fourth-order valence-electron chi connectivity index (χ4n) is 2.13. The second kappa shape index (κ2) is 4.67. The number of nitrogens with one attached hydrogen (secondary N) is 1. The van der Waals surface area contributed by atoms with Crippen molar-refractivity contribution in [2.75, 3.05) is 0 Å². The lowest BCUT2D eigenvalue weighted by Crippen LogP contribution is -1.95. The topological polar surface area (TPSA) is 20.7 Å². The number of benzene rings is 2. The molecule has 0 saturated heterocycles. The Morgan fingerprint density at radius 1 is 1.11 bits per heavy atom. The lowest BCUT2D eigenvalue weighted by Gasteiger charge is -2.08. The van der Waals surface area contributed by atoms with Gasteiger partial charge in [-0.3, -0.25) is 4.57 Å². The molecule has 19 heavy (non-hydrogen) atoms. The van der Waals surface area contributed by atoms with Gasteiger partial charge in [0.1, 0.15) is 0 Å². The van der Waals surface area contributed by atoms with Gasteiger partial charge in [-0.25, -0.2) is 0 Å². The first kappa shape index (κ1) is 12.7. The first-order valence-corrected chi connectivity index (χ1v) is 6.90. The van der Waals surface area contributed by atoms with Crippen LogP contribution < -0.4 is 0 Å². The normalized spacial score (nSPS) is 11.1. The van der Waals surface area contributed by atoms with E-state index >= 15 is 0 Å². The van der Waals surface area contributed by atoms with Crippen LogP contribution in [0.5, 0.6) is 0 Å². The summed E-state index contributed by atoms with van der Waals surface area (Å²) in [7, 11) is 0. The first-order valence-electron chi connectivity index (χ1n) is 5.73. The fraction of sp³-hybridized carbons (Fsp3) is 0.0714. The highest BCUT2D eigenvalue weighted by Gasteiger charge is 2.11. The zero-order chi connectivity index (χ0) is 13.6. The highest BCUT2D eigenvalue weighted by atomic mass is 35.5. The standard InChI is InChI=1S/C14H10Cl2N2S/c1-8-5-6-9(15)12(7-8)18-11-4-2-3-10(16)13(11)17-14(18)19/h2-7H,1H3,(H,17,19). The summed E-state index contributed by atoms with van der Waals surface area (Å²) in [6, 6.07) is 11.5. The minimum absolute atomic E-state index is 0.579. The van der Waals surface area contributed by atoms with Gasteiger partial charge in [-0.2, -0.15) is 0 Å². The number of para-hydroxylation sites is 1. The number of hydrogen-bond acceptors (Lipinski definition) is 1. The van der Waals surface area contributed by atoms with E-state index in [1.807, 2.05) is 47.9 Å². The zero-order valence-corrected chi connectivity index (χ0v) is 12.4. The highest BCUT2D eigenvalue weighted by molar-refractivity contribution is 7.71. The van der Waals surface area contributed by atoms with Crippen molar-refractivity contribution < 1.29 is 0 Å². The van der Waals surface area contributed by atoms with Gasteiger partial charge in [0.15, 0.2) is 4.77 Å². The number of aryl methyl sites for hydroxylation is 1. The van der Waals surface area contributed by atoms with E-state index in [0.29, 0.717) is 14.8 Å². The van der Waals surface area contributed by atoms with Crippen LogP contribution in [-0.2, 0) is 0 Å². The molecule has 5 heteroatoms. The molecular formula is C14H10Cl2N2S. The summed E-state index contributed by atoms with van der Waals surface area (Å²) in [6.45, 7) is 2.02. The number of aromatic nitrogens is 2. The van der Waals surface area contributed by atoms with Crippen molar-refractivity contribution in [3.8, 4) is 5.69 Å². The molecule has 0 atom stereocenters. The number of hydrogen-bond donors (Lipinski definition) is 1. The number of aromatic amines is 1. The summed E-state index contributed by atoms with van der Waals surface area (Å²) in [5.74, 6) is 0. The van der Waals surface area contributed by atoms with Gasteiger partial charge in [0.05, 0.1) is 26.8 Å². The molecule has 0 fully saturated rings. The Morgan fingerprint density at radius 3 is 2.68 bits per heavy atom. The van der Waals surface area contributed by atoms with Gasteiger partial charge in [-0.15, -0.1) is 0 Å². The van der Waals surface area contributed by atoms with Crippen LogP contribution in [0, 0.1) is 11.7 Å². The lowest BCUT2D eigenvalue weighted by molar-refractivity contribution is 1.06. The first-order chi connectivity index (χ1) is 9.08. The molecule has 96 valence electrons. The number of nitrogens with zero attached hydrogens (tertiary/aromatic N) is 1. The maximum Gasteiger partial charge on any atom is 0.182 e. The van der Waals surface area contributed by atoms with E-state index in [4.69, 9.17) is 35.4 Å². The quantitative estimate of drug-likeness (QED) is 0.605. The van der Waals surface area contributed by atoms with Crippen molar-refractivity contribution in [1.29, 1.82) is 0 Å². The summed E-state index contributed by atoms with van der Waals surface area (Å²) in [5, 5.41) is 1.30. The third kappa shape index (κ3) is 2.08. The Kier molecular flexibility index (Phi) is 3.13. The molecule has 0 saturated carbocycles. The summed E-state index contributed by atoms with van der Waals surface area (Å²) < 4.78 is 2.49. The summed E-state index contributed by atoms with van der Waals surface area (Å²) in [5.41, 5.74) is 3.73. The minimum Gasteiger partial charge on any atom is -0.329 e. The molecule has 2 nitrogen and oxygen atoms in total. The van der Waals surface area contributed by atoms with E-state index in [-0.39, 0.29) is 0 Å². The molecule has 0 spiro atoms. The number of H-pyrrole nitrogens is 1. The second-order valence-electron chi connectivity index (χ2n) is 4.35. The van der Waals surface area contributed by atoms with E-state index in [2.05, 4.69) is 4.98 Å². The zero-order valence-electron chi connectivity index (χ0n) is 10.1. The predicted molar refractivity (Wildman–Crippen MR) is 83.2 cm³/mol. The molecule has 0 aliphatic carbocycles. The van der Waals surface area contributed by atoms with Gasteiger partial charge in [-0.05, 0) is 49.0 Å². The van der Waals surface area contributed by atoms with E-state index in [0.717, 1.165) is 22.3 Å². The Labute approximate surface area is 125 Å². The third-order valence-electron chi connectivity index (χ3n) is 3.01. The molecule has 0 amide bonds. The maximum atomic E-state index is 6.29. The van der Waals surface area contributed by atoms with Crippen LogP contribution in [0.2, 0.25) is 10.0 Å². The monoisotopic (exact) mass is 308 g/mol. The van der Waals surface area contributed by atoms with Gasteiger partial charge in [0, 0.05) is 0 Å². The molecule has 0 radical (unpaired) electrons. The number of rotatable bonds is 1. The smallest absolute Gasteiger partial charge is 0.182 e. The van der Waals surface area contributed by atoms with Gasteiger partial charge in [0.25, 0.3) is 0 Å². The van der Waals surface area contributed by atoms with Crippen molar-refractivity contribution in [2.45, 2.75) is 6.92 Å². The molecule has 0 aliphatic rings. The Balaban J connectivity index is 2.43. The average Bonchev–Trinajstić information content (AvgIpc) is 2.70. The van der Waals surface area contributed by atoms with Gasteiger partial charge in [-0.1, -0.05) is 35.3 Å².